The largest absolute Gasteiger partial charge is 0.456 e. The van der Waals surface area contributed by atoms with E-state index in [1.807, 2.05) is 30.3 Å². The van der Waals surface area contributed by atoms with Crippen LogP contribution in [0.5, 0.6) is 0 Å². The van der Waals surface area contributed by atoms with Gasteiger partial charge in [-0.3, -0.25) is 0 Å². The second-order valence-corrected chi connectivity index (χ2v) is 2.27. The van der Waals surface area contributed by atoms with E-state index in [0.29, 0.717) is 6.32 Å². The van der Waals surface area contributed by atoms with E-state index in [1.54, 1.807) is 0 Å². The molecule has 1 aromatic rings. The number of hydrogen-bond acceptors (Lipinski definition) is 4. The van der Waals surface area contributed by atoms with Crippen molar-refractivity contribution in [1.82, 2.24) is 0 Å². The van der Waals surface area contributed by atoms with Gasteiger partial charge in [0.25, 0.3) is 0 Å². The van der Waals surface area contributed by atoms with E-state index < -0.39 is 7.12 Å². The van der Waals surface area contributed by atoms with E-state index in [9.17, 15) is 0 Å². The molecule has 13 heavy (non-hydrogen) atoms. The summed E-state index contributed by atoms with van der Waals surface area (Å²) in [6.45, 7) is 0. The lowest BCUT2D eigenvalue weighted by atomic mass is 9.82. The molecule has 0 bridgehead atoms. The second kappa shape index (κ2) is 7.25. The summed E-state index contributed by atoms with van der Waals surface area (Å²) in [5.74, 6) is 0. The second-order valence-electron chi connectivity index (χ2n) is 2.27. The Bertz CT molecular complexity index is 257. The van der Waals surface area contributed by atoms with Gasteiger partial charge < -0.3 is 10.0 Å². The Morgan fingerprint density at radius 2 is 1.77 bits per heavy atom. The first-order valence-electron chi connectivity index (χ1n) is 3.64. The highest BCUT2D eigenvalue weighted by Crippen LogP contribution is 1.98. The van der Waals surface area contributed by atoms with E-state index >= 15 is 0 Å². The van der Waals surface area contributed by atoms with Crippen molar-refractivity contribution in [3.8, 4) is 0 Å². The zero-order valence-electron chi connectivity index (χ0n) is 6.97. The van der Waals surface area contributed by atoms with Gasteiger partial charge in [-0.15, -0.1) is 0 Å². The van der Waals surface area contributed by atoms with Crippen molar-refractivity contribution in [2.24, 2.45) is 0 Å². The van der Waals surface area contributed by atoms with Crippen molar-refractivity contribution in [2.75, 3.05) is 0 Å². The first kappa shape index (κ1) is 11.6. The van der Waals surface area contributed by atoms with Crippen LogP contribution in [-0.2, 0) is 11.1 Å². The van der Waals surface area contributed by atoms with Crippen LogP contribution in [0.15, 0.2) is 30.3 Å². The Kier molecular flexibility index (Phi) is 6.46. The third-order valence-electron chi connectivity index (χ3n) is 1.26. The van der Waals surface area contributed by atoms with Crippen LogP contribution in [-0.4, -0.2) is 23.2 Å². The molecule has 0 fully saturated rings. The van der Waals surface area contributed by atoms with Crippen LogP contribution in [0, 0.1) is 5.41 Å². The number of benzene rings is 1. The Balaban J connectivity index is 0.000000424. The molecule has 0 amide bonds. The summed E-state index contributed by atoms with van der Waals surface area (Å²) in [6, 6.07) is 9.36. The third-order valence-corrected chi connectivity index (χ3v) is 1.26. The third kappa shape index (κ3) is 6.96. The van der Waals surface area contributed by atoms with Crippen molar-refractivity contribution < 1.29 is 14.8 Å². The number of hydrogen-bond donors (Lipinski definition) is 3. The van der Waals surface area contributed by atoms with E-state index in [4.69, 9.17) is 20.3 Å². The molecule has 0 unspecified atom stereocenters. The van der Waals surface area contributed by atoms with E-state index in [2.05, 4.69) is 0 Å². The molecular weight excluding hydrogens is 169 g/mol. The van der Waals surface area contributed by atoms with Crippen LogP contribution in [0.1, 0.15) is 5.56 Å². The number of carbonyl (C=O) groups excluding carboxylic acids is 1. The summed E-state index contributed by atoms with van der Waals surface area (Å²) < 4.78 is 0. The lowest BCUT2D eigenvalue weighted by Crippen LogP contribution is -2.14. The van der Waals surface area contributed by atoms with Crippen LogP contribution in [0.4, 0.5) is 0 Å². The van der Waals surface area contributed by atoms with Crippen LogP contribution < -0.4 is 0 Å². The van der Waals surface area contributed by atoms with Gasteiger partial charge >= 0.3 is 7.12 Å². The Labute approximate surface area is 76.5 Å². The summed E-state index contributed by atoms with van der Waals surface area (Å²) in [5.41, 5.74) is 0.942. The van der Waals surface area contributed by atoms with Crippen molar-refractivity contribution in [3.63, 3.8) is 0 Å². The molecule has 0 saturated heterocycles. The highest BCUT2D eigenvalue weighted by molar-refractivity contribution is 6.40. The normalized spacial score (nSPS) is 7.85. The highest BCUT2D eigenvalue weighted by atomic mass is 16.4. The topological polar surface area (TPSA) is 81.4 Å². The Morgan fingerprint density at radius 1 is 1.31 bits per heavy atom. The molecule has 0 aromatic heterocycles. The number of isocyanates is 1. The molecule has 3 N–H and O–H groups in total. The molecule has 1 aromatic carbocycles. The van der Waals surface area contributed by atoms with Crippen LogP contribution >= 0.6 is 0 Å². The fourth-order valence-electron chi connectivity index (χ4n) is 0.825. The average molecular weight is 179 g/mol. The fourth-order valence-corrected chi connectivity index (χ4v) is 0.825. The molecule has 0 aliphatic heterocycles. The maximum absolute atomic E-state index is 8.56. The summed E-state index contributed by atoms with van der Waals surface area (Å²) >= 11 is 0. The van der Waals surface area contributed by atoms with Gasteiger partial charge in [0.15, 0.2) is 0 Å². The van der Waals surface area contributed by atoms with Gasteiger partial charge in [-0.1, -0.05) is 35.9 Å². The van der Waals surface area contributed by atoms with E-state index in [0.717, 1.165) is 11.6 Å². The predicted molar refractivity (Wildman–Crippen MR) is 48.8 cm³/mol. The molecule has 0 heterocycles. The monoisotopic (exact) mass is 179 g/mol. The van der Waals surface area contributed by atoms with E-state index in [-0.39, 0.29) is 0 Å². The first-order chi connectivity index (χ1) is 6.20. The zero-order chi connectivity index (χ0) is 10.1. The Hall–Kier alpha value is -1.42. The van der Waals surface area contributed by atoms with Crippen LogP contribution in [0.2, 0.25) is 0 Å². The summed E-state index contributed by atoms with van der Waals surface area (Å²) in [5, 5.41) is 22.5. The van der Waals surface area contributed by atoms with Crippen LogP contribution in [0.25, 0.3) is 0 Å². The SMILES string of the molecule is N=C=O.OB(O)Cc1ccccc1. The van der Waals surface area contributed by atoms with Crippen LogP contribution in [0.3, 0.4) is 0 Å². The minimum Gasteiger partial charge on any atom is -0.427 e. The minimum atomic E-state index is -1.23. The minimum absolute atomic E-state index is 0.306. The van der Waals surface area contributed by atoms with Crippen molar-refractivity contribution in [3.05, 3.63) is 35.9 Å². The first-order valence-corrected chi connectivity index (χ1v) is 3.64. The number of nitrogens with one attached hydrogen (secondary N) is 1. The molecule has 4 nitrogen and oxygen atoms in total. The molecule has 0 radical (unpaired) electrons. The summed E-state index contributed by atoms with van der Waals surface area (Å²) in [6.07, 6.45) is 1.06. The van der Waals surface area contributed by atoms with Crippen molar-refractivity contribution in [2.45, 2.75) is 6.32 Å². The Morgan fingerprint density at radius 3 is 2.15 bits per heavy atom. The molecule has 0 aliphatic carbocycles. The molecular formula is C8H10BNO3. The molecule has 0 aliphatic rings. The summed E-state index contributed by atoms with van der Waals surface area (Å²) in [7, 11) is -1.23. The van der Waals surface area contributed by atoms with Gasteiger partial charge in [0.05, 0.1) is 0 Å². The molecule has 0 spiro atoms. The molecule has 0 saturated carbocycles. The zero-order valence-corrected chi connectivity index (χ0v) is 6.97. The van der Waals surface area contributed by atoms with Gasteiger partial charge in [0.1, 0.15) is 0 Å². The number of rotatable bonds is 2. The molecule has 1 rings (SSSR count). The standard InChI is InChI=1S/C7H9BO2.CHNO/c9-8(10)6-7-4-2-1-3-5-7;2-1-3/h1-5,9-10H,6H2;2H. The maximum Gasteiger partial charge on any atom is 0.456 e. The lowest BCUT2D eigenvalue weighted by Gasteiger charge is -1.96. The average Bonchev–Trinajstić information content (AvgIpc) is 2.06. The van der Waals surface area contributed by atoms with Gasteiger partial charge in [-0.25, -0.2) is 10.2 Å². The highest BCUT2D eigenvalue weighted by Gasteiger charge is 2.05. The lowest BCUT2D eigenvalue weighted by molar-refractivity contribution is 0.405. The fraction of sp³-hybridized carbons (Fsp3) is 0.125. The van der Waals surface area contributed by atoms with E-state index in [1.165, 1.54) is 0 Å². The smallest absolute Gasteiger partial charge is 0.427 e. The van der Waals surface area contributed by atoms with Crippen molar-refractivity contribution in [1.29, 1.82) is 5.41 Å². The molecule has 0 atom stereocenters. The molecule has 68 valence electrons. The van der Waals surface area contributed by atoms with Gasteiger partial charge in [-0.2, -0.15) is 0 Å². The van der Waals surface area contributed by atoms with Crippen molar-refractivity contribution >= 4 is 13.2 Å². The van der Waals surface area contributed by atoms with Gasteiger partial charge in [-0.05, 0) is 0 Å². The molecule has 5 heteroatoms. The van der Waals surface area contributed by atoms with Gasteiger partial charge in [0, 0.05) is 6.32 Å². The van der Waals surface area contributed by atoms with Gasteiger partial charge in [0.2, 0.25) is 6.08 Å². The summed E-state index contributed by atoms with van der Waals surface area (Å²) in [4.78, 5) is 8.35. The predicted octanol–water partition coefficient (Wildman–Crippen LogP) is 0.142. The quantitative estimate of drug-likeness (QED) is 0.343. The maximum atomic E-state index is 8.56.